The minimum absolute atomic E-state index is 0.799. The summed E-state index contributed by atoms with van der Waals surface area (Å²) in [5.74, 6) is 1.65. The highest BCUT2D eigenvalue weighted by Gasteiger charge is 2.07. The molecule has 0 saturated heterocycles. The number of benzene rings is 2. The van der Waals surface area contributed by atoms with Gasteiger partial charge in [-0.05, 0) is 93.6 Å². The summed E-state index contributed by atoms with van der Waals surface area (Å²) in [7, 11) is 0. The largest absolute Gasteiger partial charge is 0.457 e. The van der Waals surface area contributed by atoms with Crippen LogP contribution in [-0.4, -0.2) is 12.9 Å². The Labute approximate surface area is 154 Å². The third kappa shape index (κ3) is 5.08. The van der Waals surface area contributed by atoms with E-state index in [9.17, 15) is 0 Å². The van der Waals surface area contributed by atoms with Gasteiger partial charge in [0.2, 0.25) is 0 Å². The second-order valence-electron chi connectivity index (χ2n) is 5.29. The van der Waals surface area contributed by atoms with Crippen LogP contribution in [0.15, 0.2) is 44.3 Å². The van der Waals surface area contributed by atoms with Crippen LogP contribution in [0.2, 0.25) is 0 Å². The number of aliphatic imine (C=N–C) groups is 1. The van der Waals surface area contributed by atoms with Crippen molar-refractivity contribution in [2.24, 2.45) is 4.99 Å². The van der Waals surface area contributed by atoms with Crippen molar-refractivity contribution in [3.63, 3.8) is 0 Å². The van der Waals surface area contributed by atoms with Crippen molar-refractivity contribution in [1.29, 1.82) is 0 Å². The van der Waals surface area contributed by atoms with Crippen molar-refractivity contribution in [1.82, 2.24) is 0 Å². The fourth-order valence-corrected chi connectivity index (χ4v) is 2.64. The maximum atomic E-state index is 6.01. The molecule has 0 saturated carbocycles. The van der Waals surface area contributed by atoms with Gasteiger partial charge >= 0.3 is 0 Å². The van der Waals surface area contributed by atoms with Crippen LogP contribution in [0.25, 0.3) is 0 Å². The minimum Gasteiger partial charge on any atom is -0.457 e. The summed E-state index contributed by atoms with van der Waals surface area (Å²) in [4.78, 5) is 4.29. The minimum atomic E-state index is 0.799. The Morgan fingerprint density at radius 2 is 1.87 bits per heavy atom. The molecule has 0 radical (unpaired) electrons. The van der Waals surface area contributed by atoms with E-state index in [1.807, 2.05) is 31.2 Å². The number of nitrogens with zero attached hydrogens (tertiary/aromatic N) is 1. The Balaban J connectivity index is 2.17. The normalized spacial score (nSPS) is 11.0. The van der Waals surface area contributed by atoms with Crippen LogP contribution in [0.4, 0.5) is 5.69 Å². The lowest BCUT2D eigenvalue weighted by Crippen LogP contribution is -1.99. The number of hydrogen-bond donors (Lipinski definition) is 1. The number of halogens is 2. The van der Waals surface area contributed by atoms with E-state index in [2.05, 4.69) is 62.1 Å². The Hall–Kier alpha value is -1.33. The van der Waals surface area contributed by atoms with Crippen molar-refractivity contribution in [3.05, 3.63) is 50.4 Å². The average molecular weight is 440 g/mol. The zero-order chi connectivity index (χ0) is 16.8. The molecule has 0 amide bonds. The molecule has 0 fully saturated rings. The average Bonchev–Trinajstić information content (AvgIpc) is 2.52. The van der Waals surface area contributed by atoms with Gasteiger partial charge in [0, 0.05) is 21.2 Å². The monoisotopic (exact) mass is 438 g/mol. The fraction of sp³-hybridized carbons (Fsp3) is 0.278. The molecule has 5 heteroatoms. The molecule has 122 valence electrons. The number of ether oxygens (including phenoxy) is 1. The van der Waals surface area contributed by atoms with Crippen LogP contribution in [0.1, 0.15) is 24.5 Å². The maximum Gasteiger partial charge on any atom is 0.130 e. The molecule has 2 aromatic rings. The highest BCUT2D eigenvalue weighted by Crippen LogP contribution is 2.33. The standard InChI is InChI=1S/C18H20Br2N2O/c1-4-7-21-11-22-17-8-13(3)18(9-12(17)2)23-14-5-6-15(19)16(20)10-14/h5-6,8-11H,4,7H2,1-3H3,(H,21,22). The Kier molecular flexibility index (Phi) is 6.66. The zero-order valence-electron chi connectivity index (χ0n) is 13.5. The van der Waals surface area contributed by atoms with Gasteiger partial charge in [0.25, 0.3) is 0 Å². The first kappa shape index (κ1) is 18.0. The lowest BCUT2D eigenvalue weighted by atomic mass is 10.1. The van der Waals surface area contributed by atoms with Gasteiger partial charge in [-0.3, -0.25) is 4.99 Å². The van der Waals surface area contributed by atoms with Crippen LogP contribution in [0, 0.1) is 13.8 Å². The lowest BCUT2D eigenvalue weighted by Gasteiger charge is -2.13. The maximum absolute atomic E-state index is 6.01. The SMILES string of the molecule is CCCN=CNc1cc(C)c(Oc2ccc(Br)c(Br)c2)cc1C. The smallest absolute Gasteiger partial charge is 0.130 e. The molecule has 23 heavy (non-hydrogen) atoms. The molecule has 3 nitrogen and oxygen atoms in total. The van der Waals surface area contributed by atoms with Crippen molar-refractivity contribution >= 4 is 43.9 Å². The number of nitrogens with one attached hydrogen (secondary N) is 1. The quantitative estimate of drug-likeness (QED) is 0.413. The first-order valence-corrected chi connectivity index (χ1v) is 9.09. The van der Waals surface area contributed by atoms with Crippen molar-refractivity contribution in [3.8, 4) is 11.5 Å². The van der Waals surface area contributed by atoms with E-state index < -0.39 is 0 Å². The molecule has 0 aliphatic rings. The molecule has 0 spiro atoms. The summed E-state index contributed by atoms with van der Waals surface area (Å²) in [5, 5.41) is 3.24. The number of hydrogen-bond acceptors (Lipinski definition) is 2. The Bertz CT molecular complexity index is 714. The number of rotatable bonds is 6. The Morgan fingerprint density at radius 1 is 1.09 bits per heavy atom. The second-order valence-corrected chi connectivity index (χ2v) is 7.00. The van der Waals surface area contributed by atoms with Gasteiger partial charge in [-0.2, -0.15) is 0 Å². The summed E-state index contributed by atoms with van der Waals surface area (Å²) >= 11 is 6.96. The molecule has 0 bridgehead atoms. The molecule has 0 unspecified atom stereocenters. The van der Waals surface area contributed by atoms with Crippen LogP contribution >= 0.6 is 31.9 Å². The molecule has 0 aromatic heterocycles. The van der Waals surface area contributed by atoms with E-state index in [0.29, 0.717) is 0 Å². The number of aryl methyl sites for hydroxylation is 2. The van der Waals surface area contributed by atoms with Gasteiger partial charge in [-0.1, -0.05) is 6.92 Å². The predicted molar refractivity (Wildman–Crippen MR) is 105 cm³/mol. The summed E-state index contributed by atoms with van der Waals surface area (Å²) in [6.07, 6.45) is 2.81. The van der Waals surface area contributed by atoms with Crippen LogP contribution < -0.4 is 10.1 Å². The molecule has 1 N–H and O–H groups in total. The third-order valence-corrected chi connectivity index (χ3v) is 5.18. The second kappa shape index (κ2) is 8.50. The van der Waals surface area contributed by atoms with Gasteiger partial charge in [0.1, 0.15) is 11.5 Å². The molecular weight excluding hydrogens is 420 g/mol. The first-order valence-electron chi connectivity index (χ1n) is 7.50. The van der Waals surface area contributed by atoms with Crippen LogP contribution in [-0.2, 0) is 0 Å². The summed E-state index contributed by atoms with van der Waals surface area (Å²) < 4.78 is 7.98. The Morgan fingerprint density at radius 3 is 2.57 bits per heavy atom. The lowest BCUT2D eigenvalue weighted by molar-refractivity contribution is 0.478. The topological polar surface area (TPSA) is 33.6 Å². The first-order chi connectivity index (χ1) is 11.0. The summed E-state index contributed by atoms with van der Waals surface area (Å²) in [6, 6.07) is 9.97. The zero-order valence-corrected chi connectivity index (χ0v) is 16.7. The molecule has 2 rings (SSSR count). The van der Waals surface area contributed by atoms with Gasteiger partial charge in [0.05, 0.1) is 6.34 Å². The third-order valence-electron chi connectivity index (χ3n) is 3.30. The highest BCUT2D eigenvalue weighted by atomic mass is 79.9. The van der Waals surface area contributed by atoms with E-state index >= 15 is 0 Å². The number of anilines is 1. The molecule has 0 heterocycles. The van der Waals surface area contributed by atoms with E-state index in [0.717, 1.165) is 50.2 Å². The fourth-order valence-electron chi connectivity index (χ4n) is 2.03. The van der Waals surface area contributed by atoms with Crippen molar-refractivity contribution < 1.29 is 4.74 Å². The van der Waals surface area contributed by atoms with Gasteiger partial charge in [0.15, 0.2) is 0 Å². The van der Waals surface area contributed by atoms with E-state index in [1.165, 1.54) is 0 Å². The van der Waals surface area contributed by atoms with E-state index in [1.54, 1.807) is 6.34 Å². The molecule has 0 aliphatic heterocycles. The molecule has 0 aliphatic carbocycles. The van der Waals surface area contributed by atoms with E-state index in [-0.39, 0.29) is 0 Å². The van der Waals surface area contributed by atoms with Gasteiger partial charge < -0.3 is 10.1 Å². The summed E-state index contributed by atoms with van der Waals surface area (Å²) in [6.45, 7) is 7.04. The molecular formula is C18H20Br2N2O. The van der Waals surface area contributed by atoms with Crippen molar-refractivity contribution in [2.45, 2.75) is 27.2 Å². The highest BCUT2D eigenvalue weighted by molar-refractivity contribution is 9.13. The predicted octanol–water partition coefficient (Wildman–Crippen LogP) is 6.47. The van der Waals surface area contributed by atoms with E-state index in [4.69, 9.17) is 4.74 Å². The van der Waals surface area contributed by atoms with Gasteiger partial charge in [-0.15, -0.1) is 0 Å². The summed E-state index contributed by atoms with van der Waals surface area (Å²) in [5.41, 5.74) is 3.23. The van der Waals surface area contributed by atoms with Crippen LogP contribution in [0.3, 0.4) is 0 Å². The molecule has 2 aromatic carbocycles. The van der Waals surface area contributed by atoms with Gasteiger partial charge in [-0.25, -0.2) is 0 Å². The van der Waals surface area contributed by atoms with Crippen molar-refractivity contribution in [2.75, 3.05) is 11.9 Å². The van der Waals surface area contributed by atoms with Crippen LogP contribution in [0.5, 0.6) is 11.5 Å². The molecule has 0 atom stereocenters.